The van der Waals surface area contributed by atoms with Crippen molar-refractivity contribution < 1.29 is 38.4 Å². The second-order valence-corrected chi connectivity index (χ2v) is 11.6. The quantitative estimate of drug-likeness (QED) is 0.0933. The van der Waals surface area contributed by atoms with Gasteiger partial charge in [-0.1, -0.05) is 28.1 Å². The fourth-order valence-electron chi connectivity index (χ4n) is 3.57. The Bertz CT molecular complexity index is 1800. The van der Waals surface area contributed by atoms with Gasteiger partial charge in [-0.2, -0.15) is 0 Å². The van der Waals surface area contributed by atoms with Crippen LogP contribution in [-0.2, 0) is 9.59 Å². The van der Waals surface area contributed by atoms with E-state index in [2.05, 4.69) is 36.3 Å². The number of benzene rings is 4. The van der Waals surface area contributed by atoms with Crippen LogP contribution in [0.15, 0.2) is 84.9 Å². The standard InChI is InChI=1S/C18H17FN2O3.C12H13BrN2O2.C6H5FO/c1-12-10-14(6-9-16(12)20-3)21-17(22)18(2,23)11-24-15-7-4-13(19)5-8-15;1-8-6-9(4-5-10(8)14-3)15-11(16)12(2,17)7-13;7-5-1-3-6(8)4-2-5/h4-10,23H,11H2,1-2H3,(H,21,22);4-6,17H,7H2,1-2H3,(H,15,16);1-4,8H/t18-;12-;/m00./s1. The summed E-state index contributed by atoms with van der Waals surface area (Å²) in [6.07, 6.45) is 0. The maximum absolute atomic E-state index is 12.8. The number of alkyl halides is 1. The first-order valence-corrected chi connectivity index (χ1v) is 15.6. The number of hydrogen-bond donors (Lipinski definition) is 5. The maximum atomic E-state index is 12.8. The number of hydrogen-bond acceptors (Lipinski definition) is 6. The van der Waals surface area contributed by atoms with Gasteiger partial charge in [0.1, 0.15) is 35.3 Å². The number of anilines is 2. The highest BCUT2D eigenvalue weighted by atomic mass is 79.9. The molecule has 2 atom stereocenters. The molecule has 0 unspecified atom stereocenters. The van der Waals surface area contributed by atoms with Crippen LogP contribution in [0.3, 0.4) is 0 Å². The highest BCUT2D eigenvalue weighted by molar-refractivity contribution is 9.09. The average Bonchev–Trinajstić information content (AvgIpc) is 3.06. The van der Waals surface area contributed by atoms with Gasteiger partial charge in [0.25, 0.3) is 11.8 Å². The SMILES string of the molecule is Oc1ccc(F)cc1.[C-]#[N+]c1ccc(NC(=O)[C@@](C)(O)CBr)cc1C.[C-]#[N+]c1ccc(NC(=O)[C@@](C)(O)COc2ccc(F)cc2)cc1C. The van der Waals surface area contributed by atoms with E-state index in [9.17, 15) is 28.6 Å². The van der Waals surface area contributed by atoms with Gasteiger partial charge in [-0.3, -0.25) is 9.59 Å². The molecule has 0 saturated carbocycles. The predicted molar refractivity (Wildman–Crippen MR) is 187 cm³/mol. The van der Waals surface area contributed by atoms with Crippen LogP contribution < -0.4 is 15.4 Å². The number of carbonyl (C=O) groups excluding carboxylic acids is 2. The fraction of sp³-hybridized carbons (Fsp3) is 0.222. The largest absolute Gasteiger partial charge is 0.508 e. The third-order valence-electron chi connectivity index (χ3n) is 6.55. The summed E-state index contributed by atoms with van der Waals surface area (Å²) in [5, 5.41) is 33.9. The summed E-state index contributed by atoms with van der Waals surface area (Å²) in [6.45, 7) is 19.9. The van der Waals surface area contributed by atoms with Crippen LogP contribution in [0.4, 0.5) is 31.5 Å². The van der Waals surface area contributed by atoms with Crippen molar-refractivity contribution in [2.45, 2.75) is 38.9 Å². The van der Waals surface area contributed by atoms with Gasteiger partial charge in [0, 0.05) is 16.7 Å². The van der Waals surface area contributed by atoms with Crippen molar-refractivity contribution in [1.82, 2.24) is 0 Å². The van der Waals surface area contributed by atoms with E-state index in [4.69, 9.17) is 23.0 Å². The van der Waals surface area contributed by atoms with Gasteiger partial charge >= 0.3 is 0 Å². The van der Waals surface area contributed by atoms with E-state index >= 15 is 0 Å². The maximum Gasteiger partial charge on any atom is 0.259 e. The van der Waals surface area contributed by atoms with E-state index in [0.717, 1.165) is 11.1 Å². The topological polar surface area (TPSA) is 137 Å². The lowest BCUT2D eigenvalue weighted by Crippen LogP contribution is -2.45. The van der Waals surface area contributed by atoms with Crippen molar-refractivity contribution in [2.75, 3.05) is 22.6 Å². The van der Waals surface area contributed by atoms with Gasteiger partial charge < -0.3 is 30.7 Å². The zero-order chi connectivity index (χ0) is 36.8. The molecule has 0 aliphatic carbocycles. The Balaban J connectivity index is 0.000000288. The summed E-state index contributed by atoms with van der Waals surface area (Å²) < 4.78 is 30.1. The van der Waals surface area contributed by atoms with Gasteiger partial charge in [-0.05, 0) is 112 Å². The van der Waals surface area contributed by atoms with E-state index in [-0.39, 0.29) is 23.5 Å². The molecule has 4 aromatic rings. The van der Waals surface area contributed by atoms with Crippen molar-refractivity contribution in [3.63, 3.8) is 0 Å². The van der Waals surface area contributed by atoms with Gasteiger partial charge in [-0.25, -0.2) is 18.5 Å². The molecule has 4 aromatic carbocycles. The minimum atomic E-state index is -1.78. The third kappa shape index (κ3) is 13.0. The Morgan fingerprint density at radius 3 is 1.53 bits per heavy atom. The smallest absolute Gasteiger partial charge is 0.259 e. The molecule has 256 valence electrons. The highest BCUT2D eigenvalue weighted by Crippen LogP contribution is 2.24. The van der Waals surface area contributed by atoms with Gasteiger partial charge in [0.2, 0.25) is 0 Å². The predicted octanol–water partition coefficient (Wildman–Crippen LogP) is 7.61. The molecule has 0 saturated heterocycles. The van der Waals surface area contributed by atoms with Crippen LogP contribution >= 0.6 is 15.9 Å². The lowest BCUT2D eigenvalue weighted by molar-refractivity contribution is -0.135. The summed E-state index contributed by atoms with van der Waals surface area (Å²) in [5.41, 5.74) is 0.386. The van der Waals surface area contributed by atoms with E-state index < -0.39 is 28.8 Å². The molecular formula is C36H35BrF2N4O6. The number of ether oxygens (including phenoxy) is 1. The number of rotatable bonds is 8. The minimum Gasteiger partial charge on any atom is -0.508 e. The first-order chi connectivity index (χ1) is 23.0. The molecule has 0 aliphatic heterocycles. The number of amides is 2. The molecule has 0 radical (unpaired) electrons. The van der Waals surface area contributed by atoms with Crippen molar-refractivity contribution in [3.8, 4) is 11.5 Å². The van der Waals surface area contributed by atoms with Crippen LogP contribution in [0.5, 0.6) is 11.5 Å². The lowest BCUT2D eigenvalue weighted by atomic mass is 10.1. The van der Waals surface area contributed by atoms with Crippen molar-refractivity contribution in [1.29, 1.82) is 0 Å². The second kappa shape index (κ2) is 18.3. The Hall–Kier alpha value is -5.34. The molecule has 0 heterocycles. The molecule has 13 heteroatoms. The molecule has 49 heavy (non-hydrogen) atoms. The van der Waals surface area contributed by atoms with Crippen molar-refractivity contribution in [2.24, 2.45) is 0 Å². The summed E-state index contributed by atoms with van der Waals surface area (Å²) in [7, 11) is 0. The number of halogens is 3. The van der Waals surface area contributed by atoms with Gasteiger partial charge in [-0.15, -0.1) is 0 Å². The molecular weight excluding hydrogens is 702 g/mol. The third-order valence-corrected chi connectivity index (χ3v) is 7.64. The van der Waals surface area contributed by atoms with Crippen LogP contribution in [0.25, 0.3) is 9.69 Å². The molecule has 0 bridgehead atoms. The molecule has 10 nitrogen and oxygen atoms in total. The summed E-state index contributed by atoms with van der Waals surface area (Å²) in [6, 6.07) is 20.1. The molecule has 4 rings (SSSR count). The normalized spacial score (nSPS) is 12.5. The van der Waals surface area contributed by atoms with Crippen LogP contribution in [-0.4, -0.2) is 50.3 Å². The summed E-state index contributed by atoms with van der Waals surface area (Å²) in [4.78, 5) is 30.6. The Morgan fingerprint density at radius 1 is 0.755 bits per heavy atom. The number of phenolic OH excluding ortho intramolecular Hbond substituents is 1. The number of aliphatic hydroxyl groups is 2. The minimum absolute atomic E-state index is 0.0893. The first-order valence-electron chi connectivity index (χ1n) is 14.4. The van der Waals surface area contributed by atoms with Crippen LogP contribution in [0, 0.1) is 38.6 Å². The molecule has 0 fully saturated rings. The molecule has 0 aliphatic rings. The molecule has 5 N–H and O–H groups in total. The number of nitrogens with zero attached hydrogens (tertiary/aromatic N) is 2. The van der Waals surface area contributed by atoms with Crippen molar-refractivity contribution >= 4 is 50.5 Å². The number of aromatic hydroxyl groups is 1. The summed E-state index contributed by atoms with van der Waals surface area (Å²) in [5.74, 6) is -1.41. The zero-order valence-electron chi connectivity index (χ0n) is 27.1. The average molecular weight is 738 g/mol. The Kier molecular flexibility index (Phi) is 14.9. The lowest BCUT2D eigenvalue weighted by Gasteiger charge is -2.22. The van der Waals surface area contributed by atoms with E-state index in [1.165, 1.54) is 62.4 Å². The van der Waals surface area contributed by atoms with E-state index in [0.29, 0.717) is 28.5 Å². The summed E-state index contributed by atoms with van der Waals surface area (Å²) >= 11 is 3.07. The van der Waals surface area contributed by atoms with Crippen LogP contribution in [0.2, 0.25) is 0 Å². The Morgan fingerprint density at radius 2 is 1.16 bits per heavy atom. The van der Waals surface area contributed by atoms with Crippen LogP contribution in [0.1, 0.15) is 25.0 Å². The number of nitrogens with one attached hydrogen (secondary N) is 2. The van der Waals surface area contributed by atoms with E-state index in [1.54, 1.807) is 50.2 Å². The second-order valence-electron chi connectivity index (χ2n) is 11.0. The van der Waals surface area contributed by atoms with Gasteiger partial charge in [0.15, 0.2) is 17.0 Å². The molecule has 0 spiro atoms. The van der Waals surface area contributed by atoms with Crippen molar-refractivity contribution in [3.05, 3.63) is 131 Å². The fourth-order valence-corrected chi connectivity index (χ4v) is 3.83. The van der Waals surface area contributed by atoms with E-state index in [1.807, 2.05) is 0 Å². The number of aryl methyl sites for hydroxylation is 2. The van der Waals surface area contributed by atoms with Gasteiger partial charge in [0.05, 0.1) is 13.1 Å². The monoisotopic (exact) mass is 736 g/mol. The first kappa shape index (κ1) is 39.8. The molecule has 2 amide bonds. The number of phenols is 1. The Labute approximate surface area is 291 Å². The zero-order valence-corrected chi connectivity index (χ0v) is 28.7. The highest BCUT2D eigenvalue weighted by Gasteiger charge is 2.32. The number of carbonyl (C=O) groups is 2. The molecule has 0 aromatic heterocycles.